The van der Waals surface area contributed by atoms with Gasteiger partial charge in [0.25, 0.3) is 0 Å². The number of nitrogens with zero attached hydrogens (tertiary/aromatic N) is 2. The van der Waals surface area contributed by atoms with Gasteiger partial charge in [0.1, 0.15) is 5.82 Å². The zero-order valence-corrected chi connectivity index (χ0v) is 10.4. The second-order valence-electron chi connectivity index (χ2n) is 4.51. The number of methoxy groups -OCH3 is 1. The van der Waals surface area contributed by atoms with Crippen molar-refractivity contribution in [1.82, 2.24) is 9.97 Å². The molecule has 1 fully saturated rings. The number of hydrogen-bond acceptors (Lipinski definition) is 5. The Morgan fingerprint density at radius 2 is 2.11 bits per heavy atom. The predicted molar refractivity (Wildman–Crippen MR) is 63.5 cm³/mol. The summed E-state index contributed by atoms with van der Waals surface area (Å²) in [7, 11) is 1.62. The largest absolute Gasteiger partial charge is 0.433 e. The van der Waals surface area contributed by atoms with Crippen LogP contribution in [0.2, 0.25) is 0 Å². The fourth-order valence-corrected chi connectivity index (χ4v) is 2.18. The Hall–Kier alpha value is -1.57. The van der Waals surface area contributed by atoms with Gasteiger partial charge in [0.15, 0.2) is 5.69 Å². The highest BCUT2D eigenvalue weighted by atomic mass is 19.4. The molecular formula is C11H15F3N4O. The molecule has 5 nitrogen and oxygen atoms in total. The van der Waals surface area contributed by atoms with Crippen LogP contribution in [0.15, 0.2) is 6.07 Å². The van der Waals surface area contributed by atoms with Crippen LogP contribution in [0.25, 0.3) is 0 Å². The third kappa shape index (κ3) is 3.46. The molecule has 2 unspecified atom stereocenters. The lowest BCUT2D eigenvalue weighted by Crippen LogP contribution is -2.20. The highest BCUT2D eigenvalue weighted by molar-refractivity contribution is 5.42. The van der Waals surface area contributed by atoms with Crippen molar-refractivity contribution in [2.24, 2.45) is 0 Å². The highest BCUT2D eigenvalue weighted by Crippen LogP contribution is 2.30. The van der Waals surface area contributed by atoms with E-state index in [0.717, 1.165) is 25.3 Å². The number of halogens is 3. The SMILES string of the molecule is COC1CCC(Nc2cc(C(F)(F)F)nc(N)n2)C1. The number of aromatic nitrogens is 2. The molecule has 1 saturated carbocycles. The average Bonchev–Trinajstić information content (AvgIpc) is 2.75. The lowest BCUT2D eigenvalue weighted by molar-refractivity contribution is -0.141. The van der Waals surface area contributed by atoms with Gasteiger partial charge < -0.3 is 15.8 Å². The maximum atomic E-state index is 12.6. The van der Waals surface area contributed by atoms with E-state index in [9.17, 15) is 13.2 Å². The molecule has 0 saturated heterocycles. The van der Waals surface area contributed by atoms with E-state index in [-0.39, 0.29) is 18.0 Å². The Labute approximate surface area is 108 Å². The van der Waals surface area contributed by atoms with Gasteiger partial charge in [-0.05, 0) is 19.3 Å². The average molecular weight is 276 g/mol. The van der Waals surface area contributed by atoms with E-state index < -0.39 is 17.8 Å². The number of nitrogens with one attached hydrogen (secondary N) is 1. The van der Waals surface area contributed by atoms with Crippen LogP contribution >= 0.6 is 0 Å². The standard InChI is InChI=1S/C11H15F3N4O/c1-19-7-3-2-6(4-7)16-9-5-8(11(12,13)14)17-10(15)18-9/h5-7H,2-4H2,1H3,(H3,15,16,17,18). The van der Waals surface area contributed by atoms with Crippen LogP contribution in [0.4, 0.5) is 24.9 Å². The summed E-state index contributed by atoms with van der Waals surface area (Å²) in [5.74, 6) is -0.291. The molecule has 2 atom stereocenters. The first-order chi connectivity index (χ1) is 8.88. The van der Waals surface area contributed by atoms with Crippen LogP contribution in [0.3, 0.4) is 0 Å². The van der Waals surface area contributed by atoms with Crippen molar-refractivity contribution in [3.8, 4) is 0 Å². The Kier molecular flexibility index (Phi) is 3.79. The quantitative estimate of drug-likeness (QED) is 0.884. The second-order valence-corrected chi connectivity index (χ2v) is 4.51. The molecule has 19 heavy (non-hydrogen) atoms. The van der Waals surface area contributed by atoms with Crippen LogP contribution in [0.1, 0.15) is 25.0 Å². The van der Waals surface area contributed by atoms with Crippen molar-refractivity contribution in [2.75, 3.05) is 18.2 Å². The monoisotopic (exact) mass is 276 g/mol. The van der Waals surface area contributed by atoms with E-state index in [1.807, 2.05) is 0 Å². The summed E-state index contributed by atoms with van der Waals surface area (Å²) in [6.07, 6.45) is -1.95. The summed E-state index contributed by atoms with van der Waals surface area (Å²) < 4.78 is 43.0. The van der Waals surface area contributed by atoms with Crippen molar-refractivity contribution in [1.29, 1.82) is 0 Å². The van der Waals surface area contributed by atoms with Gasteiger partial charge in [0, 0.05) is 19.2 Å². The van der Waals surface area contributed by atoms with Gasteiger partial charge in [-0.25, -0.2) is 4.98 Å². The van der Waals surface area contributed by atoms with E-state index in [4.69, 9.17) is 10.5 Å². The molecule has 0 amide bonds. The topological polar surface area (TPSA) is 73.1 Å². The minimum atomic E-state index is -4.53. The summed E-state index contributed by atoms with van der Waals surface area (Å²) in [6.45, 7) is 0. The zero-order valence-electron chi connectivity index (χ0n) is 10.4. The molecule has 0 bridgehead atoms. The van der Waals surface area contributed by atoms with Gasteiger partial charge >= 0.3 is 6.18 Å². The van der Waals surface area contributed by atoms with E-state index in [0.29, 0.717) is 0 Å². The van der Waals surface area contributed by atoms with E-state index in [1.165, 1.54) is 0 Å². The fourth-order valence-electron chi connectivity index (χ4n) is 2.18. The summed E-state index contributed by atoms with van der Waals surface area (Å²) in [5, 5.41) is 2.95. The summed E-state index contributed by atoms with van der Waals surface area (Å²) in [5.41, 5.74) is 4.26. The van der Waals surface area contributed by atoms with Gasteiger partial charge in [-0.3, -0.25) is 0 Å². The lowest BCUT2D eigenvalue weighted by atomic mass is 10.2. The molecule has 0 radical (unpaired) electrons. The summed E-state index contributed by atoms with van der Waals surface area (Å²) >= 11 is 0. The van der Waals surface area contributed by atoms with Crippen molar-refractivity contribution < 1.29 is 17.9 Å². The summed E-state index contributed by atoms with van der Waals surface area (Å²) in [6, 6.07) is 0.913. The van der Waals surface area contributed by atoms with Crippen molar-refractivity contribution in [2.45, 2.75) is 37.6 Å². The maximum Gasteiger partial charge on any atom is 0.433 e. The van der Waals surface area contributed by atoms with E-state index >= 15 is 0 Å². The Balaban J connectivity index is 2.11. The third-order valence-electron chi connectivity index (χ3n) is 3.10. The van der Waals surface area contributed by atoms with Gasteiger partial charge in [0.2, 0.25) is 5.95 Å². The smallest absolute Gasteiger partial charge is 0.381 e. The molecule has 106 valence electrons. The zero-order chi connectivity index (χ0) is 14.0. The van der Waals surface area contributed by atoms with E-state index in [2.05, 4.69) is 15.3 Å². The number of nitrogen functional groups attached to an aromatic ring is 1. The minimum absolute atomic E-state index is 0.0420. The normalized spacial score (nSPS) is 23.6. The minimum Gasteiger partial charge on any atom is -0.381 e. The van der Waals surface area contributed by atoms with E-state index in [1.54, 1.807) is 7.11 Å². The van der Waals surface area contributed by atoms with Crippen molar-refractivity contribution in [3.63, 3.8) is 0 Å². The van der Waals surface area contributed by atoms with Gasteiger partial charge in [-0.2, -0.15) is 18.2 Å². The number of nitrogens with two attached hydrogens (primary N) is 1. The van der Waals surface area contributed by atoms with Crippen LogP contribution in [-0.2, 0) is 10.9 Å². The molecular weight excluding hydrogens is 261 g/mol. The molecule has 1 aliphatic rings. The molecule has 0 aliphatic heterocycles. The number of rotatable bonds is 3. The fraction of sp³-hybridized carbons (Fsp3) is 0.636. The first-order valence-corrected chi connectivity index (χ1v) is 5.89. The Morgan fingerprint density at radius 3 is 2.68 bits per heavy atom. The molecule has 0 aromatic carbocycles. The van der Waals surface area contributed by atoms with Crippen LogP contribution in [0, 0.1) is 0 Å². The van der Waals surface area contributed by atoms with Crippen LogP contribution in [0.5, 0.6) is 0 Å². The number of hydrogen-bond donors (Lipinski definition) is 2. The number of alkyl halides is 3. The molecule has 1 aromatic rings. The summed E-state index contributed by atoms with van der Waals surface area (Å²) in [4.78, 5) is 6.96. The first kappa shape index (κ1) is 13.9. The highest BCUT2D eigenvalue weighted by Gasteiger charge is 2.34. The van der Waals surface area contributed by atoms with Crippen molar-refractivity contribution >= 4 is 11.8 Å². The molecule has 8 heteroatoms. The van der Waals surface area contributed by atoms with Gasteiger partial charge in [0.05, 0.1) is 6.10 Å². The van der Waals surface area contributed by atoms with Gasteiger partial charge in [-0.15, -0.1) is 0 Å². The Bertz CT molecular complexity index is 452. The molecule has 1 aromatic heterocycles. The van der Waals surface area contributed by atoms with Crippen molar-refractivity contribution in [3.05, 3.63) is 11.8 Å². The predicted octanol–water partition coefficient (Wildman–Crippen LogP) is 2.06. The second kappa shape index (κ2) is 5.20. The molecule has 2 rings (SSSR count). The number of anilines is 2. The van der Waals surface area contributed by atoms with Crippen LogP contribution in [-0.4, -0.2) is 29.2 Å². The maximum absolute atomic E-state index is 12.6. The molecule has 3 N–H and O–H groups in total. The molecule has 1 heterocycles. The molecule has 0 spiro atoms. The van der Waals surface area contributed by atoms with Crippen LogP contribution < -0.4 is 11.1 Å². The van der Waals surface area contributed by atoms with Gasteiger partial charge in [-0.1, -0.05) is 0 Å². The first-order valence-electron chi connectivity index (χ1n) is 5.89. The Morgan fingerprint density at radius 1 is 1.37 bits per heavy atom. The lowest BCUT2D eigenvalue weighted by Gasteiger charge is -2.15. The molecule has 1 aliphatic carbocycles. The third-order valence-corrected chi connectivity index (χ3v) is 3.10. The number of ether oxygens (including phenoxy) is 1.